The zero-order valence-electron chi connectivity index (χ0n) is 16.3. The van der Waals surface area contributed by atoms with Crippen molar-refractivity contribution in [2.24, 2.45) is 0 Å². The molecule has 0 bridgehead atoms. The molecule has 1 unspecified atom stereocenters. The zero-order chi connectivity index (χ0) is 20.6. The quantitative estimate of drug-likeness (QED) is 0.560. The van der Waals surface area contributed by atoms with E-state index in [1.165, 1.54) is 24.1 Å². The van der Waals surface area contributed by atoms with Crippen LogP contribution in [-0.4, -0.2) is 64.1 Å². The Kier molecular flexibility index (Phi) is 6.90. The number of anilines is 1. The van der Waals surface area contributed by atoms with Gasteiger partial charge in [-0.1, -0.05) is 6.07 Å². The number of pyridine rings is 1. The second kappa shape index (κ2) is 9.78. The molecule has 0 spiro atoms. The first kappa shape index (κ1) is 20.5. The lowest BCUT2D eigenvalue weighted by molar-refractivity contribution is -0.136. The largest absolute Gasteiger partial charge is 0.358 e. The first-order valence-electron chi connectivity index (χ1n) is 9.53. The van der Waals surface area contributed by atoms with Gasteiger partial charge < -0.3 is 16.0 Å². The summed E-state index contributed by atoms with van der Waals surface area (Å²) in [7, 11) is 1.53. The number of nitrogens with zero attached hydrogens (tertiary/aromatic N) is 4. The predicted octanol–water partition coefficient (Wildman–Crippen LogP) is -0.0841. The van der Waals surface area contributed by atoms with Crippen LogP contribution in [0.15, 0.2) is 36.9 Å². The van der Waals surface area contributed by atoms with E-state index in [4.69, 9.17) is 0 Å². The number of carbonyl (C=O) groups excluding carboxylic acids is 3. The third-order valence-corrected chi connectivity index (χ3v) is 4.79. The predicted molar refractivity (Wildman–Crippen MR) is 106 cm³/mol. The fourth-order valence-electron chi connectivity index (χ4n) is 3.28. The van der Waals surface area contributed by atoms with Gasteiger partial charge in [-0.05, 0) is 37.6 Å². The summed E-state index contributed by atoms with van der Waals surface area (Å²) in [4.78, 5) is 42.3. The Labute approximate surface area is 168 Å². The molecule has 29 heavy (non-hydrogen) atoms. The van der Waals surface area contributed by atoms with E-state index in [2.05, 4.69) is 30.9 Å². The van der Waals surface area contributed by atoms with Crippen molar-refractivity contribution in [1.29, 1.82) is 0 Å². The van der Waals surface area contributed by atoms with E-state index in [0.717, 1.165) is 31.5 Å². The number of nitrogens with one attached hydrogen (secondary N) is 3. The fraction of sp³-hybridized carbons (Fsp3) is 0.421. The van der Waals surface area contributed by atoms with Gasteiger partial charge in [0.25, 0.3) is 0 Å². The Hall–Kier alpha value is -3.27. The van der Waals surface area contributed by atoms with E-state index in [0.29, 0.717) is 12.2 Å². The summed E-state index contributed by atoms with van der Waals surface area (Å²) in [5.41, 5.74) is 1.35. The molecule has 3 rings (SSSR count). The molecule has 3 heterocycles. The molecular formula is C19H25N7O3. The summed E-state index contributed by atoms with van der Waals surface area (Å²) < 4.78 is 1.37. The Bertz CT molecular complexity index is 846. The Balaban J connectivity index is 1.55. The maximum Gasteiger partial charge on any atom is 0.313 e. The molecule has 3 N–H and O–H groups in total. The Morgan fingerprint density at radius 3 is 2.66 bits per heavy atom. The Morgan fingerprint density at radius 1 is 1.17 bits per heavy atom. The van der Waals surface area contributed by atoms with Crippen molar-refractivity contribution in [1.82, 2.24) is 30.3 Å². The molecule has 0 saturated carbocycles. The van der Waals surface area contributed by atoms with E-state index >= 15 is 0 Å². The monoisotopic (exact) mass is 399 g/mol. The van der Waals surface area contributed by atoms with Crippen molar-refractivity contribution in [3.05, 3.63) is 42.5 Å². The highest BCUT2D eigenvalue weighted by atomic mass is 16.2. The highest BCUT2D eigenvalue weighted by Crippen LogP contribution is 2.23. The zero-order valence-corrected chi connectivity index (χ0v) is 16.3. The number of carbonyl (C=O) groups is 3. The van der Waals surface area contributed by atoms with E-state index in [1.807, 2.05) is 12.1 Å². The smallest absolute Gasteiger partial charge is 0.313 e. The van der Waals surface area contributed by atoms with Gasteiger partial charge in [-0.25, -0.2) is 0 Å². The van der Waals surface area contributed by atoms with Crippen molar-refractivity contribution in [2.45, 2.75) is 25.4 Å². The number of aromatic nitrogens is 3. The first-order chi connectivity index (χ1) is 14.1. The van der Waals surface area contributed by atoms with Crippen LogP contribution in [0.2, 0.25) is 0 Å². The van der Waals surface area contributed by atoms with Crippen LogP contribution in [-0.2, 0) is 20.9 Å². The van der Waals surface area contributed by atoms with E-state index in [-0.39, 0.29) is 18.5 Å². The molecule has 3 amide bonds. The maximum absolute atomic E-state index is 12.3. The Morgan fingerprint density at radius 2 is 1.97 bits per heavy atom. The van der Waals surface area contributed by atoms with Crippen LogP contribution in [0.1, 0.15) is 24.4 Å². The van der Waals surface area contributed by atoms with Gasteiger partial charge in [0.2, 0.25) is 5.91 Å². The topological polar surface area (TPSA) is 121 Å². The van der Waals surface area contributed by atoms with Crippen LogP contribution in [0.25, 0.3) is 0 Å². The highest BCUT2D eigenvalue weighted by molar-refractivity contribution is 6.39. The third kappa shape index (κ3) is 5.61. The number of amides is 3. The molecule has 0 radical (unpaired) electrons. The summed E-state index contributed by atoms with van der Waals surface area (Å²) in [5.74, 6) is -1.72. The van der Waals surface area contributed by atoms with Gasteiger partial charge >= 0.3 is 11.8 Å². The van der Waals surface area contributed by atoms with Gasteiger partial charge in [-0.15, -0.1) is 0 Å². The molecular weight excluding hydrogens is 374 g/mol. The average molecular weight is 399 g/mol. The molecule has 0 aromatic carbocycles. The molecule has 1 fully saturated rings. The summed E-state index contributed by atoms with van der Waals surface area (Å²) in [6, 6.07) is 3.81. The molecule has 1 aliphatic heterocycles. The highest BCUT2D eigenvalue weighted by Gasteiger charge is 2.25. The fourth-order valence-corrected chi connectivity index (χ4v) is 3.28. The maximum atomic E-state index is 12.3. The molecule has 1 atom stereocenters. The van der Waals surface area contributed by atoms with Gasteiger partial charge in [-0.3, -0.25) is 28.9 Å². The van der Waals surface area contributed by atoms with Crippen LogP contribution < -0.4 is 16.0 Å². The number of likely N-dealkylation sites (tertiary alicyclic amines) is 1. The molecule has 1 saturated heterocycles. The summed E-state index contributed by atoms with van der Waals surface area (Å²) in [6.07, 6.45) is 8.60. The second-order valence-electron chi connectivity index (χ2n) is 6.81. The van der Waals surface area contributed by atoms with Crippen molar-refractivity contribution < 1.29 is 14.4 Å². The van der Waals surface area contributed by atoms with Gasteiger partial charge in [0, 0.05) is 32.2 Å². The van der Waals surface area contributed by atoms with Gasteiger partial charge in [0.15, 0.2) is 0 Å². The van der Waals surface area contributed by atoms with Crippen molar-refractivity contribution in [3.63, 3.8) is 0 Å². The van der Waals surface area contributed by atoms with E-state index in [1.54, 1.807) is 12.4 Å². The molecule has 154 valence electrons. The minimum Gasteiger partial charge on any atom is -0.358 e. The third-order valence-electron chi connectivity index (χ3n) is 4.79. The summed E-state index contributed by atoms with van der Waals surface area (Å²) >= 11 is 0. The second-order valence-corrected chi connectivity index (χ2v) is 6.81. The lowest BCUT2D eigenvalue weighted by Gasteiger charge is -2.27. The molecule has 2 aromatic heterocycles. The number of hydrogen-bond acceptors (Lipinski definition) is 6. The van der Waals surface area contributed by atoms with Crippen LogP contribution in [0.4, 0.5) is 5.69 Å². The van der Waals surface area contributed by atoms with Gasteiger partial charge in [-0.2, -0.15) is 5.10 Å². The SMILES string of the molecule is CNC(=O)Cn1cc(NC(=O)C(=O)NCC(c2cccnc2)N2CCCC2)cn1. The van der Waals surface area contributed by atoms with Crippen molar-refractivity contribution >= 4 is 23.4 Å². The van der Waals surface area contributed by atoms with Crippen LogP contribution >= 0.6 is 0 Å². The van der Waals surface area contributed by atoms with Crippen LogP contribution in [0.5, 0.6) is 0 Å². The van der Waals surface area contributed by atoms with Gasteiger partial charge in [0.1, 0.15) is 6.54 Å². The number of hydrogen-bond donors (Lipinski definition) is 3. The number of likely N-dealkylation sites (N-methyl/N-ethyl adjacent to an activating group) is 1. The van der Waals surface area contributed by atoms with E-state index < -0.39 is 11.8 Å². The van der Waals surface area contributed by atoms with Crippen molar-refractivity contribution in [2.75, 3.05) is 32.0 Å². The molecule has 2 aromatic rings. The minimum atomic E-state index is -0.782. The van der Waals surface area contributed by atoms with E-state index in [9.17, 15) is 14.4 Å². The first-order valence-corrected chi connectivity index (χ1v) is 9.53. The molecule has 10 heteroatoms. The lowest BCUT2D eigenvalue weighted by Crippen LogP contribution is -2.41. The molecule has 1 aliphatic rings. The minimum absolute atomic E-state index is 0.0290. The van der Waals surface area contributed by atoms with Crippen molar-refractivity contribution in [3.8, 4) is 0 Å². The summed E-state index contributed by atoms with van der Waals surface area (Å²) in [5, 5.41) is 11.7. The van der Waals surface area contributed by atoms with Crippen LogP contribution in [0, 0.1) is 0 Å². The average Bonchev–Trinajstić information content (AvgIpc) is 3.41. The molecule has 0 aliphatic carbocycles. The number of rotatable bonds is 7. The molecule has 10 nitrogen and oxygen atoms in total. The normalized spacial score (nSPS) is 14.9. The van der Waals surface area contributed by atoms with Gasteiger partial charge in [0.05, 0.1) is 17.9 Å². The lowest BCUT2D eigenvalue weighted by atomic mass is 10.1. The standard InChI is InChI=1S/C19H25N7O3/c1-20-17(27)13-26-12-15(10-23-26)24-19(29)18(28)22-11-16(25-7-2-3-8-25)14-5-4-6-21-9-14/h4-6,9-10,12,16H,2-3,7-8,11,13H2,1H3,(H,20,27)(H,22,28)(H,24,29). The van der Waals surface area contributed by atoms with Crippen LogP contribution in [0.3, 0.4) is 0 Å². The summed E-state index contributed by atoms with van der Waals surface area (Å²) in [6.45, 7) is 2.24.